The van der Waals surface area contributed by atoms with Gasteiger partial charge in [-0.2, -0.15) is 0 Å². The topological polar surface area (TPSA) is 22.0 Å². The molecule has 0 bridgehead atoms. The standard InChI is InChI=1S/C13H14ClNO/c1-9(2)15-8-11(13(16)7-14)10-5-3-4-6-12(10)15/h3-6,8-9H,7H2,1-2H3. The van der Waals surface area contributed by atoms with Crippen LogP contribution in [0, 0.1) is 0 Å². The number of carbonyl (C=O) groups excluding carboxylic acids is 1. The van der Waals surface area contributed by atoms with Gasteiger partial charge in [0.2, 0.25) is 0 Å². The van der Waals surface area contributed by atoms with Crippen LogP contribution in [0.2, 0.25) is 0 Å². The van der Waals surface area contributed by atoms with E-state index in [1.54, 1.807) is 0 Å². The molecule has 0 atom stereocenters. The highest BCUT2D eigenvalue weighted by Crippen LogP contribution is 2.25. The Hall–Kier alpha value is -1.28. The van der Waals surface area contributed by atoms with E-state index < -0.39 is 0 Å². The minimum absolute atomic E-state index is 0.0164. The van der Waals surface area contributed by atoms with Gasteiger partial charge in [-0.3, -0.25) is 4.79 Å². The third-order valence-electron chi connectivity index (χ3n) is 2.72. The van der Waals surface area contributed by atoms with Gasteiger partial charge in [0.1, 0.15) is 0 Å². The summed E-state index contributed by atoms with van der Waals surface area (Å²) in [6.45, 7) is 4.20. The molecule has 0 fully saturated rings. The van der Waals surface area contributed by atoms with Crippen molar-refractivity contribution >= 4 is 28.3 Å². The Morgan fingerprint density at radius 1 is 1.38 bits per heavy atom. The zero-order valence-corrected chi connectivity index (χ0v) is 10.2. The fourth-order valence-corrected chi connectivity index (χ4v) is 2.07. The number of fused-ring (bicyclic) bond motifs is 1. The maximum absolute atomic E-state index is 11.7. The van der Waals surface area contributed by atoms with Crippen molar-refractivity contribution in [1.29, 1.82) is 0 Å². The van der Waals surface area contributed by atoms with E-state index in [0.29, 0.717) is 6.04 Å². The van der Waals surface area contributed by atoms with E-state index in [1.165, 1.54) is 0 Å². The van der Waals surface area contributed by atoms with Crippen LogP contribution in [0.4, 0.5) is 0 Å². The third kappa shape index (κ3) is 1.74. The largest absolute Gasteiger partial charge is 0.344 e. The van der Waals surface area contributed by atoms with Crippen molar-refractivity contribution in [2.75, 3.05) is 5.88 Å². The molecule has 2 rings (SSSR count). The number of ketones is 1. The number of benzene rings is 1. The molecular formula is C13H14ClNO. The van der Waals surface area contributed by atoms with Gasteiger partial charge in [-0.15, -0.1) is 11.6 Å². The van der Waals surface area contributed by atoms with Gasteiger partial charge in [0.15, 0.2) is 5.78 Å². The van der Waals surface area contributed by atoms with Gasteiger partial charge in [0.25, 0.3) is 0 Å². The van der Waals surface area contributed by atoms with Crippen LogP contribution in [0.1, 0.15) is 30.2 Å². The van der Waals surface area contributed by atoms with E-state index in [0.717, 1.165) is 16.5 Å². The van der Waals surface area contributed by atoms with Crippen LogP contribution in [0.5, 0.6) is 0 Å². The lowest BCUT2D eigenvalue weighted by Gasteiger charge is -2.08. The molecule has 1 heterocycles. The van der Waals surface area contributed by atoms with Crippen LogP contribution in [0.15, 0.2) is 30.5 Å². The summed E-state index contributed by atoms with van der Waals surface area (Å²) >= 11 is 5.62. The fraction of sp³-hybridized carbons (Fsp3) is 0.308. The van der Waals surface area contributed by atoms with E-state index in [2.05, 4.69) is 18.4 Å². The van der Waals surface area contributed by atoms with E-state index in [9.17, 15) is 4.79 Å². The lowest BCUT2D eigenvalue weighted by molar-refractivity contribution is 0.102. The number of rotatable bonds is 3. The first kappa shape index (κ1) is 11.2. The minimum Gasteiger partial charge on any atom is -0.344 e. The highest BCUT2D eigenvalue weighted by molar-refractivity contribution is 6.32. The molecule has 84 valence electrons. The Labute approximate surface area is 99.8 Å². The number of carbonyl (C=O) groups is 1. The quantitative estimate of drug-likeness (QED) is 0.588. The molecule has 0 radical (unpaired) electrons. The summed E-state index contributed by atoms with van der Waals surface area (Å²) in [5.74, 6) is 0.0174. The van der Waals surface area contributed by atoms with E-state index >= 15 is 0 Å². The van der Waals surface area contributed by atoms with Crippen LogP contribution >= 0.6 is 11.6 Å². The number of para-hydroxylation sites is 1. The molecule has 2 aromatic rings. The zero-order valence-electron chi connectivity index (χ0n) is 9.40. The maximum Gasteiger partial charge on any atom is 0.179 e. The monoisotopic (exact) mass is 235 g/mol. The molecule has 3 heteroatoms. The zero-order chi connectivity index (χ0) is 11.7. The van der Waals surface area contributed by atoms with E-state index in [4.69, 9.17) is 11.6 Å². The number of hydrogen-bond donors (Lipinski definition) is 0. The first-order valence-corrected chi connectivity index (χ1v) is 5.87. The summed E-state index contributed by atoms with van der Waals surface area (Å²) in [5, 5.41) is 0.988. The van der Waals surface area contributed by atoms with Gasteiger partial charge in [0, 0.05) is 28.7 Å². The molecule has 0 saturated carbocycles. The Bertz CT molecular complexity index is 528. The molecule has 16 heavy (non-hydrogen) atoms. The first-order valence-electron chi connectivity index (χ1n) is 5.34. The van der Waals surface area contributed by atoms with Gasteiger partial charge in [-0.05, 0) is 19.9 Å². The molecule has 0 spiro atoms. The van der Waals surface area contributed by atoms with Crippen LogP contribution in [-0.2, 0) is 0 Å². The molecule has 1 aromatic carbocycles. The Balaban J connectivity index is 2.71. The summed E-state index contributed by atoms with van der Waals surface area (Å²) in [6, 6.07) is 8.25. The summed E-state index contributed by atoms with van der Waals surface area (Å²) in [6.07, 6.45) is 1.90. The van der Waals surface area contributed by atoms with Crippen LogP contribution < -0.4 is 0 Å². The lowest BCUT2D eigenvalue weighted by atomic mass is 10.1. The number of nitrogens with zero attached hydrogens (tertiary/aromatic N) is 1. The van der Waals surface area contributed by atoms with Crippen molar-refractivity contribution in [3.63, 3.8) is 0 Å². The van der Waals surface area contributed by atoms with Gasteiger partial charge in [0.05, 0.1) is 5.88 Å². The van der Waals surface area contributed by atoms with Gasteiger partial charge < -0.3 is 4.57 Å². The van der Waals surface area contributed by atoms with Crippen molar-refractivity contribution in [1.82, 2.24) is 4.57 Å². The van der Waals surface area contributed by atoms with E-state index in [1.807, 2.05) is 30.5 Å². The predicted molar refractivity (Wildman–Crippen MR) is 67.4 cm³/mol. The fourth-order valence-electron chi connectivity index (χ4n) is 1.93. The van der Waals surface area contributed by atoms with Crippen molar-refractivity contribution in [3.8, 4) is 0 Å². The second-order valence-corrected chi connectivity index (χ2v) is 4.39. The van der Waals surface area contributed by atoms with Crippen molar-refractivity contribution in [2.45, 2.75) is 19.9 Å². The summed E-state index contributed by atoms with van der Waals surface area (Å²) in [5.41, 5.74) is 1.81. The molecule has 0 N–H and O–H groups in total. The SMILES string of the molecule is CC(C)n1cc(C(=O)CCl)c2ccccc21. The van der Waals surface area contributed by atoms with Gasteiger partial charge in [-0.25, -0.2) is 0 Å². The van der Waals surface area contributed by atoms with Crippen molar-refractivity contribution in [2.24, 2.45) is 0 Å². The molecule has 0 unspecified atom stereocenters. The third-order valence-corrected chi connectivity index (χ3v) is 2.96. The number of hydrogen-bond acceptors (Lipinski definition) is 1. The van der Waals surface area contributed by atoms with E-state index in [-0.39, 0.29) is 11.7 Å². The van der Waals surface area contributed by atoms with Crippen molar-refractivity contribution in [3.05, 3.63) is 36.0 Å². The van der Waals surface area contributed by atoms with Crippen molar-refractivity contribution < 1.29 is 4.79 Å². The summed E-state index contributed by atoms with van der Waals surface area (Å²) in [7, 11) is 0. The molecule has 0 aliphatic carbocycles. The van der Waals surface area contributed by atoms with Crippen LogP contribution in [0.3, 0.4) is 0 Å². The minimum atomic E-state index is -0.0164. The number of alkyl halides is 1. The average Bonchev–Trinajstić information content (AvgIpc) is 2.67. The summed E-state index contributed by atoms with van der Waals surface area (Å²) in [4.78, 5) is 11.7. The Morgan fingerprint density at radius 3 is 2.69 bits per heavy atom. The number of aromatic nitrogens is 1. The molecule has 2 nitrogen and oxygen atoms in total. The smallest absolute Gasteiger partial charge is 0.179 e. The molecule has 1 aromatic heterocycles. The molecule has 0 amide bonds. The van der Waals surface area contributed by atoms with Crippen LogP contribution in [0.25, 0.3) is 10.9 Å². The highest BCUT2D eigenvalue weighted by Gasteiger charge is 2.14. The molecule has 0 aliphatic heterocycles. The molecular weight excluding hydrogens is 222 g/mol. The van der Waals surface area contributed by atoms with Gasteiger partial charge in [-0.1, -0.05) is 18.2 Å². The summed E-state index contributed by atoms with van der Waals surface area (Å²) < 4.78 is 2.11. The normalized spacial score (nSPS) is 11.2. The predicted octanol–water partition coefficient (Wildman–Crippen LogP) is 3.64. The molecule has 0 saturated heterocycles. The number of Topliss-reactive ketones (excluding diaryl/α,β-unsaturated/α-hetero) is 1. The maximum atomic E-state index is 11.7. The second kappa shape index (κ2) is 4.30. The Kier molecular flexibility index (Phi) is 3.01. The number of halogens is 1. The first-order chi connectivity index (χ1) is 7.65. The average molecular weight is 236 g/mol. The Morgan fingerprint density at radius 2 is 2.06 bits per heavy atom. The lowest BCUT2D eigenvalue weighted by Crippen LogP contribution is -2.00. The van der Waals surface area contributed by atoms with Crippen LogP contribution in [-0.4, -0.2) is 16.2 Å². The van der Waals surface area contributed by atoms with Gasteiger partial charge >= 0.3 is 0 Å². The molecule has 0 aliphatic rings. The second-order valence-electron chi connectivity index (χ2n) is 4.12. The highest BCUT2D eigenvalue weighted by atomic mass is 35.5.